The molecule has 1 heterocycles. The van der Waals surface area contributed by atoms with E-state index < -0.39 is 5.60 Å². The van der Waals surface area contributed by atoms with Crippen molar-refractivity contribution in [3.8, 4) is 0 Å². The van der Waals surface area contributed by atoms with Gasteiger partial charge in [0.15, 0.2) is 0 Å². The van der Waals surface area contributed by atoms with Crippen LogP contribution in [0.3, 0.4) is 0 Å². The van der Waals surface area contributed by atoms with Gasteiger partial charge in [0.25, 0.3) is 0 Å². The van der Waals surface area contributed by atoms with Crippen LogP contribution in [0.2, 0.25) is 0 Å². The second kappa shape index (κ2) is 6.85. The Balaban J connectivity index is 1.81. The second-order valence-electron chi connectivity index (χ2n) is 5.03. The first-order valence-electron chi connectivity index (χ1n) is 6.76. The molecule has 2 amide bonds. The smallest absolute Gasteiger partial charge is 0.315 e. The summed E-state index contributed by atoms with van der Waals surface area (Å²) in [6.45, 7) is 2.23. The minimum atomic E-state index is -1.10. The summed E-state index contributed by atoms with van der Waals surface area (Å²) in [5.41, 5.74) is 0.629. The minimum Gasteiger partial charge on any atom is -0.384 e. The number of aliphatic hydroxyl groups is 1. The van der Waals surface area contributed by atoms with Crippen LogP contribution in [0.5, 0.6) is 0 Å². The molecule has 1 aromatic carbocycles. The lowest BCUT2D eigenvalue weighted by Crippen LogP contribution is -2.43. The van der Waals surface area contributed by atoms with Crippen LogP contribution in [-0.2, 0) is 12.1 Å². The molecule has 1 aromatic heterocycles. The van der Waals surface area contributed by atoms with E-state index in [0.717, 1.165) is 11.1 Å². The lowest BCUT2D eigenvalue weighted by atomic mass is 9.96. The number of hydrogen-bond donors (Lipinski definition) is 3. The SMILES string of the molecule is CC(O)(CNC(=O)NCc1ccncc1)c1ccccc1. The average Bonchev–Trinajstić information content (AvgIpc) is 2.53. The molecule has 0 bridgehead atoms. The third kappa shape index (κ3) is 4.57. The van der Waals surface area contributed by atoms with Crippen molar-refractivity contribution in [3.05, 3.63) is 66.0 Å². The van der Waals surface area contributed by atoms with E-state index >= 15 is 0 Å². The standard InChI is InChI=1S/C16H19N3O2/c1-16(21,14-5-3-2-4-6-14)12-19-15(20)18-11-13-7-9-17-10-8-13/h2-10,21H,11-12H2,1H3,(H2,18,19,20). The number of urea groups is 1. The quantitative estimate of drug-likeness (QED) is 0.784. The van der Waals surface area contributed by atoms with Gasteiger partial charge in [-0.15, -0.1) is 0 Å². The van der Waals surface area contributed by atoms with Gasteiger partial charge in [0.1, 0.15) is 5.60 Å². The van der Waals surface area contributed by atoms with Gasteiger partial charge in [0.05, 0.1) is 6.54 Å². The van der Waals surface area contributed by atoms with Gasteiger partial charge in [-0.25, -0.2) is 4.79 Å². The molecular formula is C16H19N3O2. The van der Waals surface area contributed by atoms with E-state index in [2.05, 4.69) is 15.6 Å². The van der Waals surface area contributed by atoms with Crippen LogP contribution in [0, 0.1) is 0 Å². The maximum Gasteiger partial charge on any atom is 0.315 e. The Kier molecular flexibility index (Phi) is 4.90. The molecule has 5 heteroatoms. The minimum absolute atomic E-state index is 0.138. The molecule has 1 atom stereocenters. The van der Waals surface area contributed by atoms with E-state index in [1.165, 1.54) is 0 Å². The van der Waals surface area contributed by atoms with Crippen molar-refractivity contribution in [1.29, 1.82) is 0 Å². The number of carbonyl (C=O) groups excluding carboxylic acids is 1. The van der Waals surface area contributed by atoms with E-state index in [0.29, 0.717) is 6.54 Å². The van der Waals surface area contributed by atoms with Crippen molar-refractivity contribution >= 4 is 6.03 Å². The molecule has 3 N–H and O–H groups in total. The van der Waals surface area contributed by atoms with Gasteiger partial charge in [-0.3, -0.25) is 4.98 Å². The van der Waals surface area contributed by atoms with E-state index in [-0.39, 0.29) is 12.6 Å². The number of pyridine rings is 1. The zero-order chi connectivity index (χ0) is 15.1. The van der Waals surface area contributed by atoms with E-state index in [1.807, 2.05) is 42.5 Å². The fourth-order valence-corrected chi connectivity index (χ4v) is 1.90. The monoisotopic (exact) mass is 285 g/mol. The number of amides is 2. The zero-order valence-electron chi connectivity index (χ0n) is 11.9. The molecule has 5 nitrogen and oxygen atoms in total. The maximum absolute atomic E-state index is 11.7. The van der Waals surface area contributed by atoms with Crippen molar-refractivity contribution in [2.24, 2.45) is 0 Å². The predicted octanol–water partition coefficient (Wildman–Crippen LogP) is 1.79. The Hall–Kier alpha value is -2.40. The topological polar surface area (TPSA) is 74.2 Å². The second-order valence-corrected chi connectivity index (χ2v) is 5.03. The van der Waals surface area contributed by atoms with Gasteiger partial charge in [-0.2, -0.15) is 0 Å². The van der Waals surface area contributed by atoms with Crippen LogP contribution in [0.4, 0.5) is 4.79 Å². The van der Waals surface area contributed by atoms with Gasteiger partial charge >= 0.3 is 6.03 Å². The number of carbonyl (C=O) groups is 1. The van der Waals surface area contributed by atoms with Crippen molar-refractivity contribution in [2.45, 2.75) is 19.1 Å². The normalized spacial score (nSPS) is 13.2. The highest BCUT2D eigenvalue weighted by molar-refractivity contribution is 5.73. The molecule has 0 fully saturated rings. The molecule has 2 rings (SSSR count). The first kappa shape index (κ1) is 15.0. The Morgan fingerprint density at radius 1 is 1.14 bits per heavy atom. The molecule has 0 saturated heterocycles. The molecule has 1 unspecified atom stereocenters. The number of rotatable bonds is 5. The molecule has 2 aromatic rings. The van der Waals surface area contributed by atoms with Gasteiger partial charge in [-0.05, 0) is 30.2 Å². The van der Waals surface area contributed by atoms with Gasteiger partial charge in [-0.1, -0.05) is 30.3 Å². The number of hydrogen-bond acceptors (Lipinski definition) is 3. The van der Waals surface area contributed by atoms with Crippen molar-refractivity contribution in [1.82, 2.24) is 15.6 Å². The zero-order valence-corrected chi connectivity index (χ0v) is 11.9. The highest BCUT2D eigenvalue weighted by Gasteiger charge is 2.23. The Morgan fingerprint density at radius 3 is 2.48 bits per heavy atom. The molecule has 21 heavy (non-hydrogen) atoms. The van der Waals surface area contributed by atoms with Gasteiger partial charge in [0, 0.05) is 18.9 Å². The maximum atomic E-state index is 11.7. The summed E-state index contributed by atoms with van der Waals surface area (Å²) in [6, 6.07) is 12.6. The molecule has 0 spiro atoms. The Bertz CT molecular complexity index is 571. The first-order valence-corrected chi connectivity index (χ1v) is 6.76. The van der Waals surface area contributed by atoms with Crippen molar-refractivity contribution in [2.75, 3.05) is 6.54 Å². The van der Waals surface area contributed by atoms with E-state index in [4.69, 9.17) is 0 Å². The van der Waals surface area contributed by atoms with Crippen LogP contribution in [0.25, 0.3) is 0 Å². The van der Waals surface area contributed by atoms with Gasteiger partial charge < -0.3 is 15.7 Å². The molecule has 0 aliphatic carbocycles. The third-order valence-corrected chi connectivity index (χ3v) is 3.19. The van der Waals surface area contributed by atoms with Crippen molar-refractivity contribution in [3.63, 3.8) is 0 Å². The molecule has 0 radical (unpaired) electrons. The predicted molar refractivity (Wildman–Crippen MR) is 80.5 cm³/mol. The fourth-order valence-electron chi connectivity index (χ4n) is 1.90. The Morgan fingerprint density at radius 2 is 1.81 bits per heavy atom. The van der Waals surface area contributed by atoms with Crippen LogP contribution in [-0.4, -0.2) is 22.7 Å². The average molecular weight is 285 g/mol. The van der Waals surface area contributed by atoms with Crippen molar-refractivity contribution < 1.29 is 9.90 Å². The molecule has 0 saturated carbocycles. The summed E-state index contributed by atoms with van der Waals surface area (Å²) in [4.78, 5) is 15.7. The number of benzene rings is 1. The summed E-state index contributed by atoms with van der Waals surface area (Å²) in [7, 11) is 0. The number of nitrogens with zero attached hydrogens (tertiary/aromatic N) is 1. The van der Waals surface area contributed by atoms with Crippen LogP contribution in [0.1, 0.15) is 18.1 Å². The first-order chi connectivity index (χ1) is 10.1. The summed E-state index contributed by atoms with van der Waals surface area (Å²) < 4.78 is 0. The highest BCUT2D eigenvalue weighted by atomic mass is 16.3. The molecule has 110 valence electrons. The molecule has 0 aliphatic heterocycles. The third-order valence-electron chi connectivity index (χ3n) is 3.19. The number of aromatic nitrogens is 1. The molecular weight excluding hydrogens is 266 g/mol. The van der Waals surface area contributed by atoms with E-state index in [1.54, 1.807) is 19.3 Å². The highest BCUT2D eigenvalue weighted by Crippen LogP contribution is 2.18. The lowest BCUT2D eigenvalue weighted by Gasteiger charge is -2.24. The summed E-state index contributed by atoms with van der Waals surface area (Å²) in [5.74, 6) is 0. The molecule has 0 aliphatic rings. The van der Waals surface area contributed by atoms with E-state index in [9.17, 15) is 9.90 Å². The van der Waals surface area contributed by atoms with Crippen LogP contribution < -0.4 is 10.6 Å². The fraction of sp³-hybridized carbons (Fsp3) is 0.250. The lowest BCUT2D eigenvalue weighted by molar-refractivity contribution is 0.0594. The van der Waals surface area contributed by atoms with Crippen LogP contribution in [0.15, 0.2) is 54.9 Å². The van der Waals surface area contributed by atoms with Gasteiger partial charge in [0.2, 0.25) is 0 Å². The summed E-state index contributed by atoms with van der Waals surface area (Å²) in [6.07, 6.45) is 3.35. The van der Waals surface area contributed by atoms with Crippen LogP contribution >= 0.6 is 0 Å². The number of nitrogens with one attached hydrogen (secondary N) is 2. The largest absolute Gasteiger partial charge is 0.384 e. The summed E-state index contributed by atoms with van der Waals surface area (Å²) in [5, 5.41) is 15.8. The summed E-state index contributed by atoms with van der Waals surface area (Å²) >= 11 is 0. The Labute approximate surface area is 124 Å².